The second-order valence-corrected chi connectivity index (χ2v) is 13.4. The number of fused-ring (bicyclic) bond motifs is 3. The lowest BCUT2D eigenvalue weighted by molar-refractivity contribution is -0.0893. The Morgan fingerprint density at radius 2 is 1.87 bits per heavy atom. The van der Waals surface area contributed by atoms with E-state index in [1.165, 1.54) is 0 Å². The van der Waals surface area contributed by atoms with E-state index in [1.54, 1.807) is 37.8 Å². The second-order valence-electron chi connectivity index (χ2n) is 10.9. The zero-order valence-corrected chi connectivity index (χ0v) is 23.3. The van der Waals surface area contributed by atoms with E-state index in [4.69, 9.17) is 14.7 Å². The maximum absolute atomic E-state index is 12.4. The van der Waals surface area contributed by atoms with Crippen molar-refractivity contribution in [3.8, 4) is 0 Å². The van der Waals surface area contributed by atoms with Crippen molar-refractivity contribution in [3.63, 3.8) is 0 Å². The molecule has 2 aliphatic rings. The molecule has 5 rings (SSSR count). The van der Waals surface area contributed by atoms with E-state index in [0.29, 0.717) is 29.8 Å². The van der Waals surface area contributed by atoms with Crippen LogP contribution in [0.1, 0.15) is 43.1 Å². The number of nitrogens with one attached hydrogen (secondary N) is 2. The Balaban J connectivity index is 1.57. The van der Waals surface area contributed by atoms with Crippen LogP contribution >= 0.6 is 0 Å². The number of ether oxygens (including phenoxy) is 1. The number of carbonyl (C=O) groups excluding carboxylic acids is 1. The van der Waals surface area contributed by atoms with Crippen molar-refractivity contribution >= 4 is 44.7 Å². The summed E-state index contributed by atoms with van der Waals surface area (Å²) in [6, 6.07) is 12.7. The highest BCUT2D eigenvalue weighted by Gasteiger charge is 2.55. The molecule has 1 aromatic carbocycles. The Bertz CT molecular complexity index is 1510. The van der Waals surface area contributed by atoms with Crippen molar-refractivity contribution in [2.45, 2.75) is 44.2 Å². The van der Waals surface area contributed by atoms with Gasteiger partial charge in [0.2, 0.25) is 5.95 Å². The summed E-state index contributed by atoms with van der Waals surface area (Å²) >= 11 is 0. The molecule has 0 radical (unpaired) electrons. The van der Waals surface area contributed by atoms with Gasteiger partial charge < -0.3 is 20.3 Å². The molecular formula is C27H33N7O3S. The van der Waals surface area contributed by atoms with E-state index in [1.807, 2.05) is 30.5 Å². The first kappa shape index (κ1) is 26.1. The number of anilines is 4. The average Bonchev–Trinajstić information content (AvgIpc) is 3.10. The van der Waals surface area contributed by atoms with E-state index in [0.717, 1.165) is 23.5 Å². The Morgan fingerprint density at radius 1 is 1.13 bits per heavy atom. The first-order valence-electron chi connectivity index (χ1n) is 12.4. The Hall–Kier alpha value is -3.57. The van der Waals surface area contributed by atoms with E-state index in [2.05, 4.69) is 45.7 Å². The minimum Gasteiger partial charge on any atom is -0.374 e. The first-order valence-corrected chi connectivity index (χ1v) is 14.8. The molecule has 38 heavy (non-hydrogen) atoms. The fraction of sp³-hybridized carbons (Fsp3) is 0.407. The Labute approximate surface area is 223 Å². The van der Waals surface area contributed by atoms with Gasteiger partial charge >= 0.3 is 0 Å². The summed E-state index contributed by atoms with van der Waals surface area (Å²) in [5.74, 6) is 2.13. The molecule has 10 nitrogen and oxygen atoms in total. The van der Waals surface area contributed by atoms with Crippen molar-refractivity contribution in [2.75, 3.05) is 36.4 Å². The number of carbonyl (C=O) groups is 1. The lowest BCUT2D eigenvalue weighted by Gasteiger charge is -2.46. The van der Waals surface area contributed by atoms with Crippen LogP contribution in [-0.4, -0.2) is 62.9 Å². The number of pyridine rings is 1. The normalized spacial score (nSPS) is 21.8. The maximum atomic E-state index is 12.4. The van der Waals surface area contributed by atoms with E-state index in [-0.39, 0.29) is 23.0 Å². The molecule has 2 atom stereocenters. The number of benzene rings is 1. The molecule has 0 bridgehead atoms. The van der Waals surface area contributed by atoms with Crippen LogP contribution in [0.2, 0.25) is 0 Å². The van der Waals surface area contributed by atoms with Crippen molar-refractivity contribution in [1.29, 1.82) is 0 Å². The first-order chi connectivity index (χ1) is 17.9. The van der Waals surface area contributed by atoms with Gasteiger partial charge in [-0.15, -0.1) is 0 Å². The van der Waals surface area contributed by atoms with Crippen molar-refractivity contribution in [2.24, 2.45) is 4.36 Å². The third kappa shape index (κ3) is 4.95. The highest BCUT2D eigenvalue weighted by molar-refractivity contribution is 7.92. The molecule has 2 N–H and O–H groups in total. The molecule has 1 fully saturated rings. The number of nitrogens with zero attached hydrogens (tertiary/aromatic N) is 5. The van der Waals surface area contributed by atoms with Crippen LogP contribution in [0.5, 0.6) is 0 Å². The van der Waals surface area contributed by atoms with Crippen LogP contribution in [0, 0.1) is 0 Å². The van der Waals surface area contributed by atoms with E-state index < -0.39 is 9.73 Å². The molecule has 2 aliphatic heterocycles. The second kappa shape index (κ2) is 9.32. The zero-order valence-electron chi connectivity index (χ0n) is 22.5. The highest BCUT2D eigenvalue weighted by Crippen LogP contribution is 2.53. The molecular weight excluding hydrogens is 502 g/mol. The minimum atomic E-state index is -2.37. The van der Waals surface area contributed by atoms with Gasteiger partial charge in [0.1, 0.15) is 11.6 Å². The minimum absolute atomic E-state index is 0.0213. The third-order valence-corrected chi connectivity index (χ3v) is 7.64. The van der Waals surface area contributed by atoms with Gasteiger partial charge in [-0.1, -0.05) is 13.0 Å². The van der Waals surface area contributed by atoms with Crippen LogP contribution in [0.3, 0.4) is 0 Å². The topological polar surface area (TPSA) is 122 Å². The lowest BCUT2D eigenvalue weighted by atomic mass is 9.73. The monoisotopic (exact) mass is 535 g/mol. The smallest absolute Gasteiger partial charge is 0.251 e. The highest BCUT2D eigenvalue weighted by atomic mass is 32.2. The largest absolute Gasteiger partial charge is 0.374 e. The summed E-state index contributed by atoms with van der Waals surface area (Å²) < 4.78 is 22.9. The third-order valence-electron chi connectivity index (χ3n) is 7.02. The fourth-order valence-corrected chi connectivity index (χ4v) is 5.61. The number of hydrogen-bond acceptors (Lipinski definition) is 9. The summed E-state index contributed by atoms with van der Waals surface area (Å²) in [6.07, 6.45) is 5.80. The van der Waals surface area contributed by atoms with Gasteiger partial charge in [0.25, 0.3) is 5.91 Å². The predicted octanol–water partition coefficient (Wildman–Crippen LogP) is 4.31. The van der Waals surface area contributed by atoms with Gasteiger partial charge in [0.15, 0.2) is 5.82 Å². The number of rotatable bonds is 5. The molecule has 0 unspecified atom stereocenters. The maximum Gasteiger partial charge on any atom is 0.251 e. The van der Waals surface area contributed by atoms with Crippen molar-refractivity contribution < 1.29 is 13.7 Å². The summed E-state index contributed by atoms with van der Waals surface area (Å²) in [5, 5.41) is 5.87. The predicted molar refractivity (Wildman–Crippen MR) is 149 cm³/mol. The zero-order chi connectivity index (χ0) is 27.3. The fourth-order valence-electron chi connectivity index (χ4n) is 5.06. The summed E-state index contributed by atoms with van der Waals surface area (Å²) in [4.78, 5) is 28.4. The van der Waals surface area contributed by atoms with Crippen molar-refractivity contribution in [1.82, 2.24) is 20.3 Å². The molecule has 1 amide bonds. The quantitative estimate of drug-likeness (QED) is 0.496. The van der Waals surface area contributed by atoms with Gasteiger partial charge in [-0.2, -0.15) is 9.35 Å². The van der Waals surface area contributed by atoms with Crippen molar-refractivity contribution in [3.05, 3.63) is 59.8 Å². The molecule has 0 saturated carbocycles. The number of amides is 1. The number of hydrogen-bond donors (Lipinski definition) is 2. The van der Waals surface area contributed by atoms with E-state index in [9.17, 15) is 9.00 Å². The molecule has 0 spiro atoms. The Kier molecular flexibility index (Phi) is 6.39. The lowest BCUT2D eigenvalue weighted by Crippen LogP contribution is -2.54. The van der Waals surface area contributed by atoms with Crippen LogP contribution in [0.25, 0.3) is 0 Å². The van der Waals surface area contributed by atoms with E-state index >= 15 is 0 Å². The van der Waals surface area contributed by atoms with Gasteiger partial charge in [-0.25, -0.2) is 14.2 Å². The van der Waals surface area contributed by atoms with Crippen LogP contribution < -0.4 is 15.5 Å². The van der Waals surface area contributed by atoms with Crippen LogP contribution in [0.4, 0.5) is 29.1 Å². The standard InChI is InChI=1S/C27H33N7O3S/c1-26(2)14-20-27(3,16-37-26)19-15-29-25(30-18-12-10-17(11-13-18)24(35)28-4)32-23(19)34(20)22-9-7-8-21(31-22)33-38(5,6)36/h7-13,15,20H,14,16H2,1-6H3,(H,28,35)(H,29,30,32)/t20-,27-/m0/s1. The molecule has 4 heterocycles. The molecule has 1 saturated heterocycles. The number of aromatic nitrogens is 3. The van der Waals surface area contributed by atoms with Crippen LogP contribution in [0.15, 0.2) is 53.0 Å². The summed E-state index contributed by atoms with van der Waals surface area (Å²) in [6.45, 7) is 6.89. The van der Waals surface area contributed by atoms with Gasteiger partial charge in [-0.3, -0.25) is 4.79 Å². The van der Waals surface area contributed by atoms with Crippen LogP contribution in [-0.2, 0) is 19.9 Å². The van der Waals surface area contributed by atoms with Gasteiger partial charge in [0.05, 0.1) is 18.2 Å². The summed E-state index contributed by atoms with van der Waals surface area (Å²) in [7, 11) is -0.769. The van der Waals surface area contributed by atoms with Gasteiger partial charge in [-0.05, 0) is 56.7 Å². The molecule has 0 aliphatic carbocycles. The van der Waals surface area contributed by atoms with Gasteiger partial charge in [0, 0.05) is 57.7 Å². The molecule has 11 heteroatoms. The summed E-state index contributed by atoms with van der Waals surface area (Å²) in [5.41, 5.74) is 1.64. The average molecular weight is 536 g/mol. The molecule has 200 valence electrons. The molecule has 2 aromatic heterocycles. The molecule has 3 aromatic rings. The SMILES string of the molecule is CNC(=O)c1ccc(Nc2ncc3c(n2)N(c2cccc(N=S(C)(C)=O)n2)[C@H]2CC(C)(C)OC[C@@]32C)cc1. The Morgan fingerprint density at radius 3 is 2.55 bits per heavy atom.